The first-order valence-corrected chi connectivity index (χ1v) is 6.71. The second kappa shape index (κ2) is 5.74. The fraction of sp³-hybridized carbons (Fsp3) is 0.571. The molecule has 0 unspecified atom stereocenters. The number of piperidine rings is 1. The molecule has 1 N–H and O–H groups in total. The summed E-state index contributed by atoms with van der Waals surface area (Å²) < 4.78 is 5.93. The van der Waals surface area contributed by atoms with E-state index in [1.807, 2.05) is 12.1 Å². The van der Waals surface area contributed by atoms with Gasteiger partial charge in [-0.05, 0) is 43.0 Å². The second-order valence-corrected chi connectivity index (χ2v) is 5.34. The van der Waals surface area contributed by atoms with Crippen LogP contribution in [-0.4, -0.2) is 19.2 Å². The number of hydrogen-bond acceptors (Lipinski definition) is 2. The standard InChI is InChI=1S/C14H20ClNO/c1-10(2)11-5-6-14(13(15)8-11)17-12-4-3-7-16-9-12/h5-6,8,10,12,16H,3-4,7,9H2,1-2H3/t12-/m0/s1. The number of halogens is 1. The van der Waals surface area contributed by atoms with Crippen molar-refractivity contribution in [1.29, 1.82) is 0 Å². The minimum Gasteiger partial charge on any atom is -0.488 e. The minimum absolute atomic E-state index is 0.256. The molecule has 17 heavy (non-hydrogen) atoms. The van der Waals surface area contributed by atoms with Crippen LogP contribution in [0.25, 0.3) is 0 Å². The average molecular weight is 254 g/mol. The molecule has 1 aromatic rings. The molecule has 1 aliphatic rings. The lowest BCUT2D eigenvalue weighted by molar-refractivity contribution is 0.167. The molecule has 2 nitrogen and oxygen atoms in total. The third-order valence-electron chi connectivity index (χ3n) is 3.17. The quantitative estimate of drug-likeness (QED) is 0.889. The zero-order valence-corrected chi connectivity index (χ0v) is 11.3. The van der Waals surface area contributed by atoms with Gasteiger partial charge in [0.1, 0.15) is 11.9 Å². The molecule has 0 aromatic heterocycles. The highest BCUT2D eigenvalue weighted by Crippen LogP contribution is 2.29. The van der Waals surface area contributed by atoms with Gasteiger partial charge in [-0.15, -0.1) is 0 Å². The van der Waals surface area contributed by atoms with Gasteiger partial charge in [0.15, 0.2) is 0 Å². The first-order chi connectivity index (χ1) is 8.16. The number of ether oxygens (including phenoxy) is 1. The number of rotatable bonds is 3. The molecule has 1 atom stereocenters. The van der Waals surface area contributed by atoms with Gasteiger partial charge in [-0.25, -0.2) is 0 Å². The summed E-state index contributed by atoms with van der Waals surface area (Å²) in [4.78, 5) is 0. The Morgan fingerprint density at radius 2 is 2.24 bits per heavy atom. The van der Waals surface area contributed by atoms with Crippen LogP contribution in [0.1, 0.15) is 38.2 Å². The Labute approximate surface area is 108 Å². The highest BCUT2D eigenvalue weighted by molar-refractivity contribution is 6.32. The maximum absolute atomic E-state index is 6.25. The van der Waals surface area contributed by atoms with Crippen molar-refractivity contribution in [3.8, 4) is 5.75 Å². The van der Waals surface area contributed by atoms with Crippen molar-refractivity contribution in [1.82, 2.24) is 5.32 Å². The number of benzene rings is 1. The molecule has 0 aliphatic carbocycles. The van der Waals surface area contributed by atoms with Crippen LogP contribution in [0, 0.1) is 0 Å². The molecule has 0 amide bonds. The Hall–Kier alpha value is -0.730. The summed E-state index contributed by atoms with van der Waals surface area (Å²) in [5, 5.41) is 4.06. The third-order valence-corrected chi connectivity index (χ3v) is 3.46. The summed E-state index contributed by atoms with van der Waals surface area (Å²) >= 11 is 6.25. The molecule has 1 fully saturated rings. The summed E-state index contributed by atoms with van der Waals surface area (Å²) in [6.45, 7) is 6.34. The number of nitrogens with one attached hydrogen (secondary N) is 1. The van der Waals surface area contributed by atoms with Crippen LogP contribution in [0.5, 0.6) is 5.75 Å². The van der Waals surface area contributed by atoms with Gasteiger partial charge in [-0.3, -0.25) is 0 Å². The van der Waals surface area contributed by atoms with Gasteiger partial charge in [0, 0.05) is 6.54 Å². The summed E-state index contributed by atoms with van der Waals surface area (Å²) in [5.41, 5.74) is 1.25. The first-order valence-electron chi connectivity index (χ1n) is 6.33. The third kappa shape index (κ3) is 3.36. The van der Waals surface area contributed by atoms with Crippen LogP contribution in [0.2, 0.25) is 5.02 Å². The fourth-order valence-corrected chi connectivity index (χ4v) is 2.31. The van der Waals surface area contributed by atoms with E-state index in [-0.39, 0.29) is 6.10 Å². The Morgan fingerprint density at radius 1 is 1.41 bits per heavy atom. The Kier molecular flexibility index (Phi) is 4.30. The predicted molar refractivity (Wildman–Crippen MR) is 72.1 cm³/mol. The van der Waals surface area contributed by atoms with Gasteiger partial charge in [0.25, 0.3) is 0 Å². The zero-order valence-electron chi connectivity index (χ0n) is 10.5. The van der Waals surface area contributed by atoms with Crippen LogP contribution >= 0.6 is 11.6 Å². The molecule has 94 valence electrons. The van der Waals surface area contributed by atoms with Crippen LogP contribution < -0.4 is 10.1 Å². The summed E-state index contributed by atoms with van der Waals surface area (Å²) in [6.07, 6.45) is 2.54. The summed E-state index contributed by atoms with van der Waals surface area (Å²) in [7, 11) is 0. The van der Waals surface area contributed by atoms with Crippen molar-refractivity contribution in [3.05, 3.63) is 28.8 Å². The van der Waals surface area contributed by atoms with E-state index < -0.39 is 0 Å². The van der Waals surface area contributed by atoms with Crippen molar-refractivity contribution in [2.45, 2.75) is 38.7 Å². The molecule has 0 radical (unpaired) electrons. The van der Waals surface area contributed by atoms with E-state index in [1.54, 1.807) is 0 Å². The highest BCUT2D eigenvalue weighted by Gasteiger charge is 2.16. The van der Waals surface area contributed by atoms with Crippen molar-refractivity contribution in [2.75, 3.05) is 13.1 Å². The molecular weight excluding hydrogens is 234 g/mol. The Bertz CT molecular complexity index is 372. The first kappa shape index (κ1) is 12.7. The second-order valence-electron chi connectivity index (χ2n) is 4.93. The molecule has 0 saturated carbocycles. The van der Waals surface area contributed by atoms with Crippen molar-refractivity contribution in [2.24, 2.45) is 0 Å². The lowest BCUT2D eigenvalue weighted by atomic mass is 10.0. The van der Waals surface area contributed by atoms with Crippen molar-refractivity contribution >= 4 is 11.6 Å². The lowest BCUT2D eigenvalue weighted by Crippen LogP contribution is -2.37. The van der Waals surface area contributed by atoms with E-state index in [9.17, 15) is 0 Å². The van der Waals surface area contributed by atoms with Gasteiger partial charge in [-0.1, -0.05) is 31.5 Å². The minimum atomic E-state index is 0.256. The SMILES string of the molecule is CC(C)c1ccc(O[C@H]2CCCNC2)c(Cl)c1. The normalized spacial score (nSPS) is 20.6. The van der Waals surface area contributed by atoms with Crippen LogP contribution in [0.3, 0.4) is 0 Å². The molecular formula is C14H20ClNO. The molecule has 3 heteroatoms. The summed E-state index contributed by atoms with van der Waals surface area (Å²) in [6, 6.07) is 6.10. The molecule has 0 bridgehead atoms. The molecule has 2 rings (SSSR count). The molecule has 1 aromatic carbocycles. The van der Waals surface area contributed by atoms with Gasteiger partial charge < -0.3 is 10.1 Å². The van der Waals surface area contributed by atoms with Crippen molar-refractivity contribution < 1.29 is 4.74 Å². The van der Waals surface area contributed by atoms with E-state index in [1.165, 1.54) is 12.0 Å². The van der Waals surface area contributed by atoms with Gasteiger partial charge in [0.2, 0.25) is 0 Å². The van der Waals surface area contributed by atoms with E-state index in [0.29, 0.717) is 5.92 Å². The smallest absolute Gasteiger partial charge is 0.138 e. The molecule has 1 saturated heterocycles. The maximum atomic E-state index is 6.25. The van der Waals surface area contributed by atoms with E-state index in [4.69, 9.17) is 16.3 Å². The average Bonchev–Trinajstić information content (AvgIpc) is 2.33. The molecule has 1 heterocycles. The highest BCUT2D eigenvalue weighted by atomic mass is 35.5. The van der Waals surface area contributed by atoms with Gasteiger partial charge in [-0.2, -0.15) is 0 Å². The molecule has 0 spiro atoms. The Morgan fingerprint density at radius 3 is 2.82 bits per heavy atom. The maximum Gasteiger partial charge on any atom is 0.138 e. The monoisotopic (exact) mass is 253 g/mol. The van der Waals surface area contributed by atoms with Crippen LogP contribution in [0.15, 0.2) is 18.2 Å². The zero-order chi connectivity index (χ0) is 12.3. The Balaban J connectivity index is 2.05. The fourth-order valence-electron chi connectivity index (χ4n) is 2.07. The van der Waals surface area contributed by atoms with E-state index in [0.717, 1.165) is 30.3 Å². The summed E-state index contributed by atoms with van der Waals surface area (Å²) in [5.74, 6) is 1.31. The van der Waals surface area contributed by atoms with Crippen LogP contribution in [0.4, 0.5) is 0 Å². The van der Waals surface area contributed by atoms with Gasteiger partial charge >= 0.3 is 0 Å². The van der Waals surface area contributed by atoms with E-state index in [2.05, 4.69) is 25.2 Å². The largest absolute Gasteiger partial charge is 0.488 e. The van der Waals surface area contributed by atoms with Gasteiger partial charge in [0.05, 0.1) is 5.02 Å². The molecule has 1 aliphatic heterocycles. The van der Waals surface area contributed by atoms with Crippen molar-refractivity contribution in [3.63, 3.8) is 0 Å². The van der Waals surface area contributed by atoms with Crippen LogP contribution in [-0.2, 0) is 0 Å². The topological polar surface area (TPSA) is 21.3 Å². The number of hydrogen-bond donors (Lipinski definition) is 1. The van der Waals surface area contributed by atoms with E-state index >= 15 is 0 Å². The predicted octanol–water partition coefficient (Wildman–Crippen LogP) is 3.59. The lowest BCUT2D eigenvalue weighted by Gasteiger charge is -2.24.